The molecule has 0 atom stereocenters. The molecule has 0 aliphatic rings. The van der Waals surface area contributed by atoms with Crippen LogP contribution in [0.1, 0.15) is 17.0 Å². The molecule has 0 aliphatic carbocycles. The highest BCUT2D eigenvalue weighted by Crippen LogP contribution is 2.26. The summed E-state index contributed by atoms with van der Waals surface area (Å²) >= 11 is 0. The van der Waals surface area contributed by atoms with E-state index in [-0.39, 0.29) is 18.1 Å². The first kappa shape index (κ1) is 18.7. The number of rotatable bonds is 3. The van der Waals surface area contributed by atoms with Gasteiger partial charge < -0.3 is 17.1 Å². The van der Waals surface area contributed by atoms with Crippen LogP contribution in [0, 0.1) is 6.92 Å². The summed E-state index contributed by atoms with van der Waals surface area (Å²) in [5.41, 5.74) is 2.81. The Bertz CT molecular complexity index is 1010. The van der Waals surface area contributed by atoms with E-state index in [0.29, 0.717) is 0 Å². The summed E-state index contributed by atoms with van der Waals surface area (Å²) in [4.78, 5) is 12.2. The molecule has 130 valence electrons. The van der Waals surface area contributed by atoms with Gasteiger partial charge in [0.25, 0.3) is 0 Å². The predicted octanol–water partition coefficient (Wildman–Crippen LogP) is -0.146. The van der Waals surface area contributed by atoms with E-state index in [9.17, 15) is 4.79 Å². The molecule has 0 amide bonds. The molecule has 0 fully saturated rings. The van der Waals surface area contributed by atoms with Crippen molar-refractivity contribution in [2.75, 3.05) is 7.11 Å². The first-order chi connectivity index (χ1) is 11.5. The number of aromatic nitrogens is 2. The van der Waals surface area contributed by atoms with Gasteiger partial charge in [0.2, 0.25) is 0 Å². The highest BCUT2D eigenvalue weighted by atomic mass is 35.5. The molecule has 25 heavy (non-hydrogen) atoms. The van der Waals surface area contributed by atoms with E-state index in [2.05, 4.69) is 12.1 Å². The molecule has 2 aromatic carbocycles. The van der Waals surface area contributed by atoms with Gasteiger partial charge >= 0.3 is 5.69 Å². The molecule has 0 saturated heterocycles. The Morgan fingerprint density at radius 2 is 1.84 bits per heavy atom. The summed E-state index contributed by atoms with van der Waals surface area (Å²) in [6, 6.07) is 14.2. The molecular formula is C20H21ClN2O2. The van der Waals surface area contributed by atoms with Crippen molar-refractivity contribution in [2.24, 2.45) is 14.1 Å². The van der Waals surface area contributed by atoms with Crippen LogP contribution < -0.4 is 27.4 Å². The van der Waals surface area contributed by atoms with Gasteiger partial charge in [-0.15, -0.1) is 0 Å². The molecule has 0 aliphatic heterocycles. The molecular weight excluding hydrogens is 336 g/mol. The maximum Gasteiger partial charge on any atom is 0.498 e. The van der Waals surface area contributed by atoms with Crippen molar-refractivity contribution in [2.45, 2.75) is 6.92 Å². The van der Waals surface area contributed by atoms with E-state index >= 15 is 0 Å². The zero-order valence-electron chi connectivity index (χ0n) is 14.8. The second-order valence-corrected chi connectivity index (χ2v) is 5.88. The minimum absolute atomic E-state index is 0. The number of fused-ring (bicyclic) bond motifs is 1. The first-order valence-electron chi connectivity index (χ1n) is 7.83. The van der Waals surface area contributed by atoms with Gasteiger partial charge in [0, 0.05) is 6.07 Å². The third-order valence-electron chi connectivity index (χ3n) is 4.38. The summed E-state index contributed by atoms with van der Waals surface area (Å²) in [6.07, 6.45) is 3.99. The third-order valence-corrected chi connectivity index (χ3v) is 4.38. The van der Waals surface area contributed by atoms with E-state index < -0.39 is 0 Å². The largest absolute Gasteiger partial charge is 1.00 e. The molecule has 0 bridgehead atoms. The number of hydrogen-bond acceptors (Lipinski definition) is 2. The number of halogens is 1. The van der Waals surface area contributed by atoms with Crippen LogP contribution >= 0.6 is 0 Å². The molecule has 0 unspecified atom stereocenters. The minimum atomic E-state index is -0.0369. The molecule has 0 N–H and O–H groups in total. The molecule has 5 heteroatoms. The standard InChI is InChI=1S/C20H21N2O2.ClH/c1-14-11-17(22(3)20(23)21(14)2)10-9-16-13-18(24-4)12-15-7-5-6-8-19(15)16;/h5-13H,1-4H3;1H/q+1;/p-1. The summed E-state index contributed by atoms with van der Waals surface area (Å²) < 4.78 is 8.68. The Hall–Kier alpha value is -2.59. The van der Waals surface area contributed by atoms with Gasteiger partial charge in [-0.1, -0.05) is 30.3 Å². The number of ether oxygens (including phenoxy) is 1. The van der Waals surface area contributed by atoms with Gasteiger partial charge in [0.05, 0.1) is 21.2 Å². The van der Waals surface area contributed by atoms with Crippen molar-refractivity contribution in [1.29, 1.82) is 0 Å². The van der Waals surface area contributed by atoms with Gasteiger partial charge in [0.15, 0.2) is 0 Å². The van der Waals surface area contributed by atoms with Crippen LogP contribution in [0.15, 0.2) is 47.3 Å². The second-order valence-electron chi connectivity index (χ2n) is 5.88. The lowest BCUT2D eigenvalue weighted by atomic mass is 10.0. The number of benzene rings is 2. The maximum atomic E-state index is 12.2. The molecule has 1 aromatic heterocycles. The molecule has 3 rings (SSSR count). The van der Waals surface area contributed by atoms with E-state index in [1.807, 2.05) is 49.4 Å². The van der Waals surface area contributed by atoms with Crippen molar-refractivity contribution in [3.63, 3.8) is 0 Å². The Morgan fingerprint density at radius 1 is 1.12 bits per heavy atom. The predicted molar refractivity (Wildman–Crippen MR) is 97.0 cm³/mol. The van der Waals surface area contributed by atoms with Crippen LogP contribution in [0.5, 0.6) is 5.75 Å². The summed E-state index contributed by atoms with van der Waals surface area (Å²) in [7, 11) is 5.23. The van der Waals surface area contributed by atoms with Crippen LogP contribution in [0.3, 0.4) is 0 Å². The highest BCUT2D eigenvalue weighted by molar-refractivity contribution is 5.93. The number of methoxy groups -OCH3 is 1. The van der Waals surface area contributed by atoms with Gasteiger partial charge in [-0.2, -0.15) is 13.9 Å². The van der Waals surface area contributed by atoms with E-state index in [1.54, 1.807) is 30.3 Å². The van der Waals surface area contributed by atoms with Crippen LogP contribution in [0.4, 0.5) is 0 Å². The number of nitrogens with zero attached hydrogens (tertiary/aromatic N) is 2. The van der Waals surface area contributed by atoms with Crippen molar-refractivity contribution in [3.05, 3.63) is 69.9 Å². The topological polar surface area (TPSA) is 35.1 Å². The van der Waals surface area contributed by atoms with Crippen LogP contribution in [-0.4, -0.2) is 11.7 Å². The fraction of sp³-hybridized carbons (Fsp3) is 0.200. The summed E-state index contributed by atoms with van der Waals surface area (Å²) in [6.45, 7) is 1.93. The average Bonchev–Trinajstić information content (AvgIpc) is 2.61. The molecule has 4 nitrogen and oxygen atoms in total. The van der Waals surface area contributed by atoms with Crippen molar-refractivity contribution >= 4 is 22.9 Å². The van der Waals surface area contributed by atoms with Crippen LogP contribution in [-0.2, 0) is 14.1 Å². The highest BCUT2D eigenvalue weighted by Gasteiger charge is 2.11. The van der Waals surface area contributed by atoms with Crippen molar-refractivity contribution < 1.29 is 21.7 Å². The van der Waals surface area contributed by atoms with Crippen LogP contribution in [0.25, 0.3) is 22.9 Å². The lowest BCUT2D eigenvalue weighted by molar-refractivity contribution is -0.692. The van der Waals surface area contributed by atoms with Crippen molar-refractivity contribution in [3.8, 4) is 5.75 Å². The normalized spacial score (nSPS) is 10.9. The van der Waals surface area contributed by atoms with Gasteiger partial charge in [0.1, 0.15) is 17.1 Å². The Balaban J connectivity index is 0.00000225. The zero-order chi connectivity index (χ0) is 17.3. The second kappa shape index (κ2) is 7.53. The summed E-state index contributed by atoms with van der Waals surface area (Å²) in [5, 5.41) is 2.28. The van der Waals surface area contributed by atoms with E-state index in [1.165, 1.54) is 0 Å². The maximum absolute atomic E-state index is 12.2. The molecule has 3 aromatic rings. The molecule has 0 saturated carbocycles. The monoisotopic (exact) mass is 356 g/mol. The Morgan fingerprint density at radius 3 is 2.56 bits per heavy atom. The Kier molecular flexibility index (Phi) is 5.65. The first-order valence-corrected chi connectivity index (χ1v) is 7.83. The fourth-order valence-electron chi connectivity index (χ4n) is 2.80. The SMILES string of the molecule is COc1cc(C=Cc2cc(C)n(C)c(=O)[n+]2C)c2ccccc2c1.[Cl-]. The van der Waals surface area contributed by atoms with Gasteiger partial charge in [-0.25, -0.2) is 0 Å². The van der Waals surface area contributed by atoms with Crippen LogP contribution in [0.2, 0.25) is 0 Å². The number of aryl methyl sites for hydroxylation is 1. The third kappa shape index (κ3) is 3.59. The van der Waals surface area contributed by atoms with Crippen molar-refractivity contribution in [1.82, 2.24) is 4.57 Å². The summed E-state index contributed by atoms with van der Waals surface area (Å²) in [5.74, 6) is 0.817. The van der Waals surface area contributed by atoms with Gasteiger partial charge in [-0.05, 0) is 41.5 Å². The van der Waals surface area contributed by atoms with Gasteiger partial charge in [-0.3, -0.25) is 0 Å². The molecule has 0 spiro atoms. The lowest BCUT2D eigenvalue weighted by Crippen LogP contribution is -3.00. The quantitative estimate of drug-likeness (QED) is 0.612. The average molecular weight is 357 g/mol. The van der Waals surface area contributed by atoms with E-state index in [0.717, 1.165) is 33.5 Å². The molecule has 0 radical (unpaired) electrons. The minimum Gasteiger partial charge on any atom is -1.00 e. The van der Waals surface area contributed by atoms with E-state index in [4.69, 9.17) is 4.74 Å². The smallest absolute Gasteiger partial charge is 0.498 e. The lowest BCUT2D eigenvalue weighted by Gasteiger charge is -2.07. The Labute approximate surface area is 153 Å². The molecule has 1 heterocycles. The fourth-order valence-corrected chi connectivity index (χ4v) is 2.80. The zero-order valence-corrected chi connectivity index (χ0v) is 15.5. The number of hydrogen-bond donors (Lipinski definition) is 0.